The summed E-state index contributed by atoms with van der Waals surface area (Å²) in [7, 11) is -1.42. The molecule has 2 aromatic carbocycles. The zero-order valence-electron chi connectivity index (χ0n) is 14.3. The van der Waals surface area contributed by atoms with E-state index in [1.165, 1.54) is 0 Å². The number of rotatable bonds is 3. The number of hydrogen-bond donors (Lipinski definition) is 0. The third-order valence-electron chi connectivity index (χ3n) is 5.82. The van der Waals surface area contributed by atoms with Gasteiger partial charge < -0.3 is 4.74 Å². The molecule has 25 heavy (non-hydrogen) atoms. The molecule has 2 saturated heterocycles. The summed E-state index contributed by atoms with van der Waals surface area (Å²) in [6.45, 7) is 0. The number of sulfone groups is 1. The van der Waals surface area contributed by atoms with Gasteiger partial charge in [-0.1, -0.05) is 30.7 Å². The van der Waals surface area contributed by atoms with Gasteiger partial charge in [0, 0.05) is 16.9 Å². The van der Waals surface area contributed by atoms with Crippen molar-refractivity contribution in [3.63, 3.8) is 0 Å². The molecule has 0 radical (unpaired) electrons. The van der Waals surface area contributed by atoms with E-state index in [0.717, 1.165) is 22.9 Å². The van der Waals surface area contributed by atoms with Crippen LogP contribution in [-0.4, -0.2) is 31.8 Å². The van der Waals surface area contributed by atoms with Gasteiger partial charge in [-0.05, 0) is 43.2 Å². The maximum absolute atomic E-state index is 13.2. The first-order chi connectivity index (χ1) is 12.0. The summed E-state index contributed by atoms with van der Waals surface area (Å²) in [6, 6.07) is 11.4. The summed E-state index contributed by atoms with van der Waals surface area (Å²) in [5.74, 6) is 0.622. The van der Waals surface area contributed by atoms with E-state index in [0.29, 0.717) is 31.2 Å². The van der Waals surface area contributed by atoms with Crippen molar-refractivity contribution in [2.24, 2.45) is 5.92 Å². The van der Waals surface area contributed by atoms with Crippen LogP contribution < -0.4 is 4.74 Å². The average Bonchev–Trinajstić information content (AvgIpc) is 2.59. The topological polar surface area (TPSA) is 60.4 Å². The number of methoxy groups -OCH3 is 1. The number of fused-ring (bicyclic) bond motifs is 3. The average molecular weight is 358 g/mol. The van der Waals surface area contributed by atoms with Crippen molar-refractivity contribution >= 4 is 26.4 Å². The second-order valence-electron chi connectivity index (χ2n) is 7.16. The molecule has 0 N–H and O–H groups in total. The predicted octanol–water partition coefficient (Wildman–Crippen LogP) is 3.78. The molecule has 5 heteroatoms. The van der Waals surface area contributed by atoms with E-state index in [1.54, 1.807) is 7.11 Å². The Hall–Kier alpha value is -1.88. The highest BCUT2D eigenvalue weighted by Gasteiger charge is 2.46. The van der Waals surface area contributed by atoms with Crippen molar-refractivity contribution in [3.05, 3.63) is 42.0 Å². The standard InChI is InChI=1S/C20H22O4S/c1-24-19-10-9-18(16-7-2-3-8-17(16)19)20(21)13-11-14-5-4-6-15(12-13)25(14,22)23/h2-3,7-10,13-15H,4-6,11-12H2,1H3. The summed E-state index contributed by atoms with van der Waals surface area (Å²) in [4.78, 5) is 13.2. The molecule has 4 nitrogen and oxygen atoms in total. The van der Waals surface area contributed by atoms with E-state index in [4.69, 9.17) is 4.74 Å². The number of ketones is 1. The Balaban J connectivity index is 1.72. The van der Waals surface area contributed by atoms with Gasteiger partial charge >= 0.3 is 0 Å². The molecule has 0 spiro atoms. The van der Waals surface area contributed by atoms with Gasteiger partial charge in [0.25, 0.3) is 0 Å². The van der Waals surface area contributed by atoms with Crippen molar-refractivity contribution < 1.29 is 17.9 Å². The largest absolute Gasteiger partial charge is 0.496 e. The highest BCUT2D eigenvalue weighted by atomic mass is 32.2. The van der Waals surface area contributed by atoms with E-state index < -0.39 is 9.84 Å². The van der Waals surface area contributed by atoms with Crippen molar-refractivity contribution in [2.45, 2.75) is 42.6 Å². The molecular weight excluding hydrogens is 336 g/mol. The van der Waals surface area contributed by atoms with Crippen LogP contribution in [0.25, 0.3) is 10.8 Å². The van der Waals surface area contributed by atoms with Crippen LogP contribution in [0.2, 0.25) is 0 Å². The minimum Gasteiger partial charge on any atom is -0.496 e. The van der Waals surface area contributed by atoms with Crippen LogP contribution in [0.1, 0.15) is 42.5 Å². The van der Waals surface area contributed by atoms with Gasteiger partial charge in [0.05, 0.1) is 17.6 Å². The third-order valence-corrected chi connectivity index (χ3v) is 8.53. The molecule has 0 aliphatic carbocycles. The summed E-state index contributed by atoms with van der Waals surface area (Å²) < 4.78 is 30.3. The van der Waals surface area contributed by atoms with E-state index in [2.05, 4.69) is 0 Å². The molecule has 0 saturated carbocycles. The van der Waals surface area contributed by atoms with E-state index in [9.17, 15) is 13.2 Å². The van der Waals surface area contributed by atoms with E-state index in [-0.39, 0.29) is 22.2 Å². The van der Waals surface area contributed by atoms with Crippen LogP contribution in [0, 0.1) is 5.92 Å². The summed E-state index contributed by atoms with van der Waals surface area (Å²) in [5, 5.41) is 1.13. The fourth-order valence-electron chi connectivity index (χ4n) is 4.51. The molecular formula is C20H22O4S. The molecule has 2 bridgehead atoms. The van der Waals surface area contributed by atoms with Crippen LogP contribution in [0.3, 0.4) is 0 Å². The van der Waals surface area contributed by atoms with E-state index >= 15 is 0 Å². The van der Waals surface area contributed by atoms with Crippen molar-refractivity contribution in [2.75, 3.05) is 7.11 Å². The van der Waals surface area contributed by atoms with Gasteiger partial charge in [-0.2, -0.15) is 0 Å². The van der Waals surface area contributed by atoms with Crippen molar-refractivity contribution in [1.29, 1.82) is 0 Å². The first kappa shape index (κ1) is 16.6. The lowest BCUT2D eigenvalue weighted by molar-refractivity contribution is 0.0895. The fraction of sp³-hybridized carbons (Fsp3) is 0.450. The Labute approximate surface area is 148 Å². The van der Waals surface area contributed by atoms with Crippen LogP contribution in [-0.2, 0) is 9.84 Å². The number of hydrogen-bond acceptors (Lipinski definition) is 4. The minimum atomic E-state index is -3.04. The maximum atomic E-state index is 13.2. The highest BCUT2D eigenvalue weighted by molar-refractivity contribution is 7.92. The Kier molecular flexibility index (Phi) is 4.07. The summed E-state index contributed by atoms with van der Waals surface area (Å²) in [5.41, 5.74) is 0.679. The Bertz CT molecular complexity index is 912. The molecule has 2 atom stereocenters. The van der Waals surface area contributed by atoms with Crippen LogP contribution in [0.4, 0.5) is 0 Å². The van der Waals surface area contributed by atoms with Crippen LogP contribution >= 0.6 is 0 Å². The number of Topliss-reactive ketones (excluding diaryl/α,β-unsaturated/α-hetero) is 1. The van der Waals surface area contributed by atoms with Crippen LogP contribution in [0.15, 0.2) is 36.4 Å². The SMILES string of the molecule is COc1ccc(C(=O)C2CC3CCCC(C2)S3(=O)=O)c2ccccc12. The van der Waals surface area contributed by atoms with Crippen LogP contribution in [0.5, 0.6) is 5.75 Å². The summed E-state index contributed by atoms with van der Waals surface area (Å²) >= 11 is 0. The zero-order valence-corrected chi connectivity index (χ0v) is 15.1. The second kappa shape index (κ2) is 6.13. The molecule has 2 unspecified atom stereocenters. The third kappa shape index (κ3) is 2.65. The first-order valence-electron chi connectivity index (χ1n) is 8.85. The minimum absolute atomic E-state index is 0.0747. The molecule has 4 rings (SSSR count). The number of carbonyl (C=O) groups excluding carboxylic acids is 1. The van der Waals surface area contributed by atoms with Gasteiger partial charge in [0.2, 0.25) is 0 Å². The van der Waals surface area contributed by atoms with Gasteiger partial charge in [-0.3, -0.25) is 4.79 Å². The molecule has 0 aromatic heterocycles. The number of benzene rings is 2. The first-order valence-corrected chi connectivity index (χ1v) is 10.5. The van der Waals surface area contributed by atoms with Crippen molar-refractivity contribution in [3.8, 4) is 5.75 Å². The quantitative estimate of drug-likeness (QED) is 0.784. The lowest BCUT2D eigenvalue weighted by Crippen LogP contribution is -2.45. The summed E-state index contributed by atoms with van der Waals surface area (Å²) in [6.07, 6.45) is 3.30. The molecule has 2 heterocycles. The zero-order chi connectivity index (χ0) is 17.6. The lowest BCUT2D eigenvalue weighted by atomic mass is 9.83. The van der Waals surface area contributed by atoms with Gasteiger partial charge in [-0.25, -0.2) is 8.42 Å². The molecule has 2 aromatic rings. The molecule has 0 amide bonds. The maximum Gasteiger partial charge on any atom is 0.166 e. The van der Waals surface area contributed by atoms with Gasteiger partial charge in [-0.15, -0.1) is 0 Å². The fourth-order valence-corrected chi connectivity index (χ4v) is 7.04. The predicted molar refractivity (Wildman–Crippen MR) is 97.9 cm³/mol. The normalized spacial score (nSPS) is 27.8. The van der Waals surface area contributed by atoms with Gasteiger partial charge in [0.15, 0.2) is 15.6 Å². The highest BCUT2D eigenvalue weighted by Crippen LogP contribution is 2.41. The smallest absolute Gasteiger partial charge is 0.166 e. The number of ether oxygens (including phenoxy) is 1. The second-order valence-corrected chi connectivity index (χ2v) is 9.67. The Morgan fingerprint density at radius 2 is 1.64 bits per heavy atom. The molecule has 2 aliphatic rings. The Morgan fingerprint density at radius 3 is 2.28 bits per heavy atom. The number of carbonyl (C=O) groups is 1. The molecule has 2 fully saturated rings. The molecule has 132 valence electrons. The van der Waals surface area contributed by atoms with E-state index in [1.807, 2.05) is 36.4 Å². The molecule has 2 aliphatic heterocycles. The Morgan fingerprint density at radius 1 is 1.00 bits per heavy atom. The van der Waals surface area contributed by atoms with Crippen molar-refractivity contribution in [1.82, 2.24) is 0 Å². The lowest BCUT2D eigenvalue weighted by Gasteiger charge is -2.38. The van der Waals surface area contributed by atoms with Gasteiger partial charge in [0.1, 0.15) is 5.75 Å². The monoisotopic (exact) mass is 358 g/mol.